The second-order valence-electron chi connectivity index (χ2n) is 5.34. The fraction of sp³-hybridized carbons (Fsp3) is 0.733. The zero-order chi connectivity index (χ0) is 13.0. The van der Waals surface area contributed by atoms with Gasteiger partial charge in [0.05, 0.1) is 11.6 Å². The van der Waals surface area contributed by atoms with E-state index in [0.29, 0.717) is 0 Å². The number of rotatable bonds is 4. The molecule has 3 heteroatoms. The van der Waals surface area contributed by atoms with Crippen molar-refractivity contribution in [3.63, 3.8) is 0 Å². The van der Waals surface area contributed by atoms with Gasteiger partial charge >= 0.3 is 0 Å². The van der Waals surface area contributed by atoms with Crippen LogP contribution in [0.1, 0.15) is 61.2 Å². The van der Waals surface area contributed by atoms with Crippen LogP contribution in [0.15, 0.2) is 12.1 Å². The highest BCUT2D eigenvalue weighted by molar-refractivity contribution is 7.12. The van der Waals surface area contributed by atoms with Gasteiger partial charge in [-0.1, -0.05) is 25.7 Å². The summed E-state index contributed by atoms with van der Waals surface area (Å²) in [6.45, 7) is 4.98. The third-order valence-electron chi connectivity index (χ3n) is 4.02. The third kappa shape index (κ3) is 2.95. The summed E-state index contributed by atoms with van der Waals surface area (Å²) in [7, 11) is 0. The van der Waals surface area contributed by atoms with Gasteiger partial charge in [-0.15, -0.1) is 11.3 Å². The average Bonchev–Trinajstić information content (AvgIpc) is 2.64. The topological polar surface area (TPSA) is 35.2 Å². The molecule has 0 aliphatic heterocycles. The molecule has 1 fully saturated rings. The molecule has 2 nitrogen and oxygen atoms in total. The van der Waals surface area contributed by atoms with Gasteiger partial charge in [0, 0.05) is 16.4 Å². The number of aryl methyl sites for hydroxylation is 1. The largest absolute Gasteiger partial charge is 0.373 e. The molecule has 1 aromatic rings. The Hall–Kier alpha value is -0.380. The Kier molecular flexibility index (Phi) is 4.82. The number of nitrogens with two attached hydrogens (primary N) is 1. The van der Waals surface area contributed by atoms with E-state index in [1.807, 2.05) is 11.3 Å². The van der Waals surface area contributed by atoms with Crippen molar-refractivity contribution in [3.8, 4) is 0 Å². The van der Waals surface area contributed by atoms with Gasteiger partial charge in [0.1, 0.15) is 0 Å². The van der Waals surface area contributed by atoms with Crippen molar-refractivity contribution >= 4 is 11.3 Å². The van der Waals surface area contributed by atoms with E-state index in [1.54, 1.807) is 0 Å². The van der Waals surface area contributed by atoms with Crippen LogP contribution in [0, 0.1) is 6.92 Å². The predicted molar refractivity (Wildman–Crippen MR) is 78.0 cm³/mol. The van der Waals surface area contributed by atoms with Gasteiger partial charge in [-0.3, -0.25) is 0 Å². The van der Waals surface area contributed by atoms with Gasteiger partial charge < -0.3 is 10.5 Å². The van der Waals surface area contributed by atoms with E-state index in [1.165, 1.54) is 35.4 Å². The first kappa shape index (κ1) is 14.0. The summed E-state index contributed by atoms with van der Waals surface area (Å²) < 4.78 is 6.16. The molecule has 0 spiro atoms. The lowest BCUT2D eigenvalue weighted by molar-refractivity contribution is -0.0688. The second kappa shape index (κ2) is 6.18. The fourth-order valence-electron chi connectivity index (χ4n) is 3.04. The van der Waals surface area contributed by atoms with Gasteiger partial charge in [0.2, 0.25) is 0 Å². The number of hydrogen-bond donors (Lipinski definition) is 1. The van der Waals surface area contributed by atoms with Gasteiger partial charge in [-0.25, -0.2) is 0 Å². The van der Waals surface area contributed by atoms with Crippen LogP contribution in [0.3, 0.4) is 0 Å². The predicted octanol–water partition coefficient (Wildman–Crippen LogP) is 4.19. The van der Waals surface area contributed by atoms with Crippen LogP contribution >= 0.6 is 11.3 Å². The Bertz CT molecular complexity index is 366. The SMILES string of the molecule is CCOC1(C(N)c2ccc(C)s2)CCCCCC1. The summed E-state index contributed by atoms with van der Waals surface area (Å²) in [5, 5.41) is 0. The van der Waals surface area contributed by atoms with Gasteiger partial charge in [0.25, 0.3) is 0 Å². The number of thiophene rings is 1. The molecule has 0 saturated heterocycles. The van der Waals surface area contributed by atoms with Gasteiger partial charge in [-0.2, -0.15) is 0 Å². The molecule has 2 rings (SSSR count). The van der Waals surface area contributed by atoms with E-state index in [0.717, 1.165) is 19.4 Å². The molecule has 102 valence electrons. The Morgan fingerprint density at radius 2 is 1.94 bits per heavy atom. The van der Waals surface area contributed by atoms with Crippen LogP contribution < -0.4 is 5.73 Å². The highest BCUT2D eigenvalue weighted by Crippen LogP contribution is 2.41. The molecule has 1 heterocycles. The summed E-state index contributed by atoms with van der Waals surface area (Å²) in [4.78, 5) is 2.61. The lowest BCUT2D eigenvalue weighted by atomic mass is 9.85. The fourth-order valence-corrected chi connectivity index (χ4v) is 4.03. The van der Waals surface area contributed by atoms with Crippen LogP contribution in [0.2, 0.25) is 0 Å². The highest BCUT2D eigenvalue weighted by Gasteiger charge is 2.39. The molecule has 0 amide bonds. The Balaban J connectivity index is 2.22. The maximum absolute atomic E-state index is 6.56. The van der Waals surface area contributed by atoms with Crippen LogP contribution in [0.4, 0.5) is 0 Å². The molecule has 1 unspecified atom stereocenters. The number of ether oxygens (including phenoxy) is 1. The van der Waals surface area contributed by atoms with Crippen molar-refractivity contribution in [1.29, 1.82) is 0 Å². The molecule has 1 aromatic heterocycles. The zero-order valence-corrected chi connectivity index (χ0v) is 12.4. The average molecular weight is 267 g/mol. The normalized spacial score (nSPS) is 21.5. The first-order valence-corrected chi connectivity index (χ1v) is 7.95. The molecular formula is C15H25NOS. The van der Waals surface area contributed by atoms with Gasteiger partial charge in [0.15, 0.2) is 0 Å². The van der Waals surface area contributed by atoms with E-state index in [9.17, 15) is 0 Å². The van der Waals surface area contributed by atoms with E-state index in [4.69, 9.17) is 10.5 Å². The molecule has 0 aromatic carbocycles. The van der Waals surface area contributed by atoms with Gasteiger partial charge in [-0.05, 0) is 38.8 Å². The van der Waals surface area contributed by atoms with Crippen molar-refractivity contribution in [1.82, 2.24) is 0 Å². The second-order valence-corrected chi connectivity index (χ2v) is 6.66. The van der Waals surface area contributed by atoms with Crippen LogP contribution in [0.25, 0.3) is 0 Å². The molecule has 1 aliphatic rings. The summed E-state index contributed by atoms with van der Waals surface area (Å²) >= 11 is 1.82. The minimum Gasteiger partial charge on any atom is -0.373 e. The smallest absolute Gasteiger partial charge is 0.0882 e. The van der Waals surface area contributed by atoms with Crippen molar-refractivity contribution < 1.29 is 4.74 Å². The van der Waals surface area contributed by atoms with Crippen molar-refractivity contribution in [2.75, 3.05) is 6.61 Å². The van der Waals surface area contributed by atoms with Crippen molar-refractivity contribution in [2.45, 2.75) is 64.0 Å². The molecule has 1 aliphatic carbocycles. The minimum atomic E-state index is -0.122. The third-order valence-corrected chi connectivity index (χ3v) is 5.10. The lowest BCUT2D eigenvalue weighted by Crippen LogP contribution is -2.43. The molecule has 0 radical (unpaired) electrons. The van der Waals surface area contributed by atoms with E-state index < -0.39 is 0 Å². The molecular weight excluding hydrogens is 242 g/mol. The molecule has 18 heavy (non-hydrogen) atoms. The van der Waals surface area contributed by atoms with Crippen molar-refractivity contribution in [2.24, 2.45) is 5.73 Å². The minimum absolute atomic E-state index is 0.0363. The first-order valence-electron chi connectivity index (χ1n) is 7.14. The van der Waals surface area contributed by atoms with E-state index >= 15 is 0 Å². The summed E-state index contributed by atoms with van der Waals surface area (Å²) in [6.07, 6.45) is 7.37. The van der Waals surface area contributed by atoms with Crippen LogP contribution in [0.5, 0.6) is 0 Å². The Morgan fingerprint density at radius 3 is 2.44 bits per heavy atom. The standard InChI is InChI=1S/C15H25NOS/c1-3-17-15(10-6-4-5-7-11-15)14(16)13-9-8-12(2)18-13/h8-9,14H,3-7,10-11,16H2,1-2H3. The summed E-state index contributed by atoms with van der Waals surface area (Å²) in [6, 6.07) is 4.38. The quantitative estimate of drug-likeness (QED) is 0.830. The van der Waals surface area contributed by atoms with Crippen LogP contribution in [-0.4, -0.2) is 12.2 Å². The lowest BCUT2D eigenvalue weighted by Gasteiger charge is -2.37. The summed E-state index contributed by atoms with van der Waals surface area (Å²) in [5.74, 6) is 0. The molecule has 1 atom stereocenters. The molecule has 2 N–H and O–H groups in total. The number of hydrogen-bond acceptors (Lipinski definition) is 3. The monoisotopic (exact) mass is 267 g/mol. The highest BCUT2D eigenvalue weighted by atomic mass is 32.1. The maximum atomic E-state index is 6.56. The Morgan fingerprint density at radius 1 is 1.28 bits per heavy atom. The van der Waals surface area contributed by atoms with Crippen molar-refractivity contribution in [3.05, 3.63) is 21.9 Å². The molecule has 0 bridgehead atoms. The molecule has 1 saturated carbocycles. The summed E-state index contributed by atoms with van der Waals surface area (Å²) in [5.41, 5.74) is 6.44. The maximum Gasteiger partial charge on any atom is 0.0882 e. The zero-order valence-electron chi connectivity index (χ0n) is 11.6. The first-order chi connectivity index (χ1) is 8.68. The van der Waals surface area contributed by atoms with E-state index in [-0.39, 0.29) is 11.6 Å². The van der Waals surface area contributed by atoms with Crippen LogP contribution in [-0.2, 0) is 4.74 Å². The Labute approximate surface area is 115 Å². The van der Waals surface area contributed by atoms with E-state index in [2.05, 4.69) is 26.0 Å².